The summed E-state index contributed by atoms with van der Waals surface area (Å²) in [7, 11) is 1.47. The predicted octanol–water partition coefficient (Wildman–Crippen LogP) is 2.38. The molecule has 1 aromatic rings. The molecule has 0 aliphatic rings. The van der Waals surface area contributed by atoms with Crippen LogP contribution in [-0.2, 0) is 14.3 Å². The highest BCUT2D eigenvalue weighted by atomic mass is 16.7. The first kappa shape index (κ1) is 16.5. The Morgan fingerprint density at radius 3 is 2.43 bits per heavy atom. The van der Waals surface area contributed by atoms with E-state index in [2.05, 4.69) is 4.74 Å². The summed E-state index contributed by atoms with van der Waals surface area (Å²) in [5, 5.41) is 8.43. The Balaban J connectivity index is 2.32. The van der Waals surface area contributed by atoms with Gasteiger partial charge in [-0.25, -0.2) is 4.79 Å². The fourth-order valence-corrected chi connectivity index (χ4v) is 1.47. The number of methoxy groups -OCH3 is 1. The topological polar surface area (TPSA) is 99.1 Å². The number of benzene rings is 1. The first-order chi connectivity index (χ1) is 10.0. The molecule has 0 fully saturated rings. The van der Waals surface area contributed by atoms with Crippen LogP contribution >= 0.6 is 0 Å². The maximum atomic E-state index is 11.4. The molecule has 0 aliphatic heterocycles. The van der Waals surface area contributed by atoms with Crippen molar-refractivity contribution in [3.05, 3.63) is 24.3 Å². The third-order valence-electron chi connectivity index (χ3n) is 2.46. The summed E-state index contributed by atoms with van der Waals surface area (Å²) in [6, 6.07) is 6.28. The van der Waals surface area contributed by atoms with Crippen LogP contribution in [0.15, 0.2) is 24.3 Å². The zero-order valence-electron chi connectivity index (χ0n) is 11.5. The van der Waals surface area contributed by atoms with Crippen LogP contribution in [0.3, 0.4) is 0 Å². The molecule has 0 spiro atoms. The molecular formula is C14H16O7. The molecule has 0 saturated heterocycles. The van der Waals surface area contributed by atoms with E-state index in [9.17, 15) is 14.4 Å². The molecule has 0 atom stereocenters. The number of esters is 1. The van der Waals surface area contributed by atoms with E-state index in [0.717, 1.165) is 0 Å². The van der Waals surface area contributed by atoms with Crippen LogP contribution in [0.1, 0.15) is 25.7 Å². The van der Waals surface area contributed by atoms with Crippen molar-refractivity contribution in [3.8, 4) is 11.5 Å². The molecule has 1 aromatic carbocycles. The van der Waals surface area contributed by atoms with Crippen molar-refractivity contribution in [1.82, 2.24) is 0 Å². The van der Waals surface area contributed by atoms with E-state index in [0.29, 0.717) is 18.6 Å². The third-order valence-corrected chi connectivity index (χ3v) is 2.46. The van der Waals surface area contributed by atoms with Gasteiger partial charge in [0, 0.05) is 18.9 Å². The Hall–Kier alpha value is -2.57. The SMILES string of the molecule is COc1cccc(OC(=O)OC(=O)CCCCC(=O)O)c1. The minimum Gasteiger partial charge on any atom is -0.497 e. The maximum absolute atomic E-state index is 11.4. The summed E-state index contributed by atoms with van der Waals surface area (Å²) in [6.07, 6.45) is -0.527. The summed E-state index contributed by atoms with van der Waals surface area (Å²) >= 11 is 0. The van der Waals surface area contributed by atoms with E-state index in [-0.39, 0.29) is 18.6 Å². The van der Waals surface area contributed by atoms with Gasteiger partial charge in [-0.1, -0.05) is 6.07 Å². The number of hydrogen-bond acceptors (Lipinski definition) is 6. The first-order valence-corrected chi connectivity index (χ1v) is 6.29. The van der Waals surface area contributed by atoms with Gasteiger partial charge in [-0.05, 0) is 25.0 Å². The second-order valence-electron chi connectivity index (χ2n) is 4.11. The van der Waals surface area contributed by atoms with Crippen molar-refractivity contribution < 1.29 is 33.7 Å². The highest BCUT2D eigenvalue weighted by molar-refractivity contribution is 5.82. The molecule has 1 rings (SSSR count). The molecule has 114 valence electrons. The standard InChI is InChI=1S/C14H16O7/c1-19-10-5-4-6-11(9-10)20-14(18)21-13(17)8-3-2-7-12(15)16/h4-6,9H,2-3,7-8H2,1H3,(H,15,16). The van der Waals surface area contributed by atoms with Crippen LogP contribution < -0.4 is 9.47 Å². The van der Waals surface area contributed by atoms with Crippen molar-refractivity contribution >= 4 is 18.1 Å². The van der Waals surface area contributed by atoms with E-state index in [1.165, 1.54) is 19.2 Å². The van der Waals surface area contributed by atoms with Gasteiger partial charge in [-0.15, -0.1) is 0 Å². The van der Waals surface area contributed by atoms with E-state index in [1.54, 1.807) is 12.1 Å². The normalized spacial score (nSPS) is 9.76. The number of aliphatic carboxylic acids is 1. The van der Waals surface area contributed by atoms with Gasteiger partial charge in [0.25, 0.3) is 0 Å². The fourth-order valence-electron chi connectivity index (χ4n) is 1.47. The average molecular weight is 296 g/mol. The molecule has 7 heteroatoms. The monoisotopic (exact) mass is 296 g/mol. The molecule has 0 saturated carbocycles. The van der Waals surface area contributed by atoms with Crippen LogP contribution in [0.2, 0.25) is 0 Å². The molecule has 7 nitrogen and oxygen atoms in total. The Labute approximate surface area is 121 Å². The Morgan fingerprint density at radius 1 is 1.10 bits per heavy atom. The van der Waals surface area contributed by atoms with Crippen molar-refractivity contribution in [2.45, 2.75) is 25.7 Å². The van der Waals surface area contributed by atoms with Gasteiger partial charge in [0.05, 0.1) is 7.11 Å². The number of rotatable bonds is 7. The van der Waals surface area contributed by atoms with Crippen LogP contribution in [0, 0.1) is 0 Å². The molecule has 0 aliphatic carbocycles. The second kappa shape index (κ2) is 8.57. The Morgan fingerprint density at radius 2 is 1.76 bits per heavy atom. The number of carboxylic acids is 1. The summed E-state index contributed by atoms with van der Waals surface area (Å²) in [4.78, 5) is 33.0. The zero-order chi connectivity index (χ0) is 15.7. The van der Waals surface area contributed by atoms with Crippen LogP contribution in [0.5, 0.6) is 11.5 Å². The predicted molar refractivity (Wildman–Crippen MR) is 71.2 cm³/mol. The summed E-state index contributed by atoms with van der Waals surface area (Å²) in [5.74, 6) is -0.993. The lowest BCUT2D eigenvalue weighted by atomic mass is 10.2. The maximum Gasteiger partial charge on any atom is 0.521 e. The summed E-state index contributed by atoms with van der Waals surface area (Å²) < 4.78 is 14.2. The fraction of sp³-hybridized carbons (Fsp3) is 0.357. The molecular weight excluding hydrogens is 280 g/mol. The number of carbonyl (C=O) groups excluding carboxylic acids is 2. The highest BCUT2D eigenvalue weighted by Crippen LogP contribution is 2.19. The smallest absolute Gasteiger partial charge is 0.497 e. The zero-order valence-corrected chi connectivity index (χ0v) is 11.5. The van der Waals surface area contributed by atoms with Gasteiger partial charge in [0.15, 0.2) is 0 Å². The molecule has 0 bridgehead atoms. The van der Waals surface area contributed by atoms with Crippen LogP contribution in [0.25, 0.3) is 0 Å². The van der Waals surface area contributed by atoms with Gasteiger partial charge in [-0.3, -0.25) is 9.59 Å². The number of carbonyl (C=O) groups is 3. The molecule has 0 amide bonds. The summed E-state index contributed by atoms with van der Waals surface area (Å²) in [6.45, 7) is 0. The summed E-state index contributed by atoms with van der Waals surface area (Å²) in [5.41, 5.74) is 0. The number of carboxylic acid groups (broad SMARTS) is 1. The highest BCUT2D eigenvalue weighted by Gasteiger charge is 2.13. The number of ether oxygens (including phenoxy) is 3. The van der Waals surface area contributed by atoms with Gasteiger partial charge in [0.1, 0.15) is 11.5 Å². The molecule has 1 N–H and O–H groups in total. The van der Waals surface area contributed by atoms with Gasteiger partial charge < -0.3 is 19.3 Å². The van der Waals surface area contributed by atoms with E-state index in [1.807, 2.05) is 0 Å². The lowest BCUT2D eigenvalue weighted by Gasteiger charge is -2.05. The Kier molecular flexibility index (Phi) is 6.73. The number of unbranched alkanes of at least 4 members (excludes halogenated alkanes) is 1. The largest absolute Gasteiger partial charge is 0.521 e. The van der Waals surface area contributed by atoms with Gasteiger partial charge in [0.2, 0.25) is 0 Å². The van der Waals surface area contributed by atoms with Gasteiger partial charge >= 0.3 is 18.1 Å². The first-order valence-electron chi connectivity index (χ1n) is 6.29. The molecule has 0 radical (unpaired) electrons. The minimum atomic E-state index is -1.13. The van der Waals surface area contributed by atoms with Crippen LogP contribution in [-0.4, -0.2) is 30.3 Å². The van der Waals surface area contributed by atoms with Crippen molar-refractivity contribution in [2.24, 2.45) is 0 Å². The molecule has 0 unspecified atom stereocenters. The van der Waals surface area contributed by atoms with Crippen LogP contribution in [0.4, 0.5) is 4.79 Å². The lowest BCUT2D eigenvalue weighted by Crippen LogP contribution is -2.16. The average Bonchev–Trinajstić information content (AvgIpc) is 2.43. The molecule has 0 aromatic heterocycles. The molecule has 21 heavy (non-hydrogen) atoms. The van der Waals surface area contributed by atoms with E-state index >= 15 is 0 Å². The van der Waals surface area contributed by atoms with Crippen molar-refractivity contribution in [1.29, 1.82) is 0 Å². The third kappa shape index (κ3) is 6.95. The van der Waals surface area contributed by atoms with E-state index < -0.39 is 18.1 Å². The number of hydrogen-bond donors (Lipinski definition) is 1. The Bertz CT molecular complexity index is 510. The van der Waals surface area contributed by atoms with E-state index in [4.69, 9.17) is 14.6 Å². The van der Waals surface area contributed by atoms with Gasteiger partial charge in [-0.2, -0.15) is 0 Å². The van der Waals surface area contributed by atoms with Crippen molar-refractivity contribution in [2.75, 3.05) is 7.11 Å². The second-order valence-corrected chi connectivity index (χ2v) is 4.11. The minimum absolute atomic E-state index is 0.0263. The lowest BCUT2D eigenvalue weighted by molar-refractivity contribution is -0.140. The van der Waals surface area contributed by atoms with Crippen molar-refractivity contribution in [3.63, 3.8) is 0 Å². The molecule has 0 heterocycles. The quantitative estimate of drug-likeness (QED) is 0.357.